The van der Waals surface area contributed by atoms with Gasteiger partial charge in [-0.05, 0) is 38.5 Å². The number of amides is 1. The third kappa shape index (κ3) is 8.88. The number of halogens is 1. The fourth-order valence-electron chi connectivity index (χ4n) is 1.93. The summed E-state index contributed by atoms with van der Waals surface area (Å²) in [5.41, 5.74) is 0.640. The molecule has 0 aromatic heterocycles. The van der Waals surface area contributed by atoms with Crippen LogP contribution < -0.4 is 16.0 Å². The number of nitrogens with one attached hydrogen (secondary N) is 3. The van der Waals surface area contributed by atoms with Crippen molar-refractivity contribution in [3.63, 3.8) is 0 Å². The number of aliphatic imine (C=N–C) groups is 1. The predicted molar refractivity (Wildman–Crippen MR) is 102 cm³/mol. The number of ether oxygens (including phenoxy) is 1. The van der Waals surface area contributed by atoms with Crippen LogP contribution in [-0.2, 0) is 4.74 Å². The van der Waals surface area contributed by atoms with Crippen LogP contribution in [0.1, 0.15) is 30.6 Å². The highest BCUT2D eigenvalue weighted by molar-refractivity contribution is 9.10. The molecule has 0 aliphatic rings. The quantitative estimate of drug-likeness (QED) is 0.320. The second-order valence-electron chi connectivity index (χ2n) is 5.00. The van der Waals surface area contributed by atoms with Crippen molar-refractivity contribution >= 4 is 27.8 Å². The monoisotopic (exact) mass is 398 g/mol. The largest absolute Gasteiger partial charge is 0.382 e. The first-order valence-corrected chi connectivity index (χ1v) is 9.10. The lowest BCUT2D eigenvalue weighted by molar-refractivity contribution is 0.0954. The molecule has 0 heterocycles. The number of hydrogen-bond acceptors (Lipinski definition) is 3. The van der Waals surface area contributed by atoms with Gasteiger partial charge in [0.05, 0.1) is 0 Å². The Bertz CT molecular complexity index is 523. The van der Waals surface area contributed by atoms with Gasteiger partial charge in [0.2, 0.25) is 0 Å². The van der Waals surface area contributed by atoms with Gasteiger partial charge >= 0.3 is 0 Å². The van der Waals surface area contributed by atoms with Crippen LogP contribution >= 0.6 is 15.9 Å². The number of carbonyl (C=O) groups excluding carboxylic acids is 1. The summed E-state index contributed by atoms with van der Waals surface area (Å²) < 4.78 is 6.18. The van der Waals surface area contributed by atoms with Crippen molar-refractivity contribution in [2.24, 2.45) is 4.99 Å². The fourth-order valence-corrected chi connectivity index (χ4v) is 2.33. The molecule has 0 aliphatic heterocycles. The van der Waals surface area contributed by atoms with E-state index in [4.69, 9.17) is 4.74 Å². The van der Waals surface area contributed by atoms with Crippen LogP contribution in [0, 0.1) is 0 Å². The summed E-state index contributed by atoms with van der Waals surface area (Å²) >= 11 is 3.36. The van der Waals surface area contributed by atoms with E-state index in [-0.39, 0.29) is 5.91 Å². The molecule has 0 radical (unpaired) electrons. The van der Waals surface area contributed by atoms with Crippen molar-refractivity contribution in [2.75, 3.05) is 39.4 Å². The summed E-state index contributed by atoms with van der Waals surface area (Å²) in [6.07, 6.45) is 0.893. The van der Waals surface area contributed by atoms with Gasteiger partial charge in [-0.25, -0.2) is 0 Å². The van der Waals surface area contributed by atoms with Gasteiger partial charge in [0.1, 0.15) is 0 Å². The Morgan fingerprint density at radius 2 is 2.00 bits per heavy atom. The molecule has 0 atom stereocenters. The van der Waals surface area contributed by atoms with E-state index in [1.807, 2.05) is 26.0 Å². The van der Waals surface area contributed by atoms with E-state index >= 15 is 0 Å². The number of benzene rings is 1. The summed E-state index contributed by atoms with van der Waals surface area (Å²) in [5, 5.41) is 9.27. The van der Waals surface area contributed by atoms with E-state index < -0.39 is 0 Å². The first-order chi connectivity index (χ1) is 11.7. The van der Waals surface area contributed by atoms with Gasteiger partial charge in [-0.15, -0.1) is 0 Å². The SMILES string of the molecule is CCNC(=NCCCOCC)NCCNC(=O)c1cccc(Br)c1. The minimum absolute atomic E-state index is 0.0863. The molecule has 0 aliphatic carbocycles. The Morgan fingerprint density at radius 1 is 1.21 bits per heavy atom. The van der Waals surface area contributed by atoms with Crippen LogP contribution in [0.15, 0.2) is 33.7 Å². The van der Waals surface area contributed by atoms with E-state index in [2.05, 4.69) is 36.9 Å². The Labute approximate surface area is 152 Å². The van der Waals surface area contributed by atoms with Crippen molar-refractivity contribution in [1.29, 1.82) is 0 Å². The van der Waals surface area contributed by atoms with E-state index in [0.717, 1.165) is 36.6 Å². The van der Waals surface area contributed by atoms with Crippen molar-refractivity contribution in [3.8, 4) is 0 Å². The average Bonchev–Trinajstić information content (AvgIpc) is 2.58. The Kier molecular flexibility index (Phi) is 10.9. The first-order valence-electron chi connectivity index (χ1n) is 8.31. The Balaban J connectivity index is 2.29. The summed E-state index contributed by atoms with van der Waals surface area (Å²) in [7, 11) is 0. The van der Waals surface area contributed by atoms with Crippen LogP contribution in [0.25, 0.3) is 0 Å². The van der Waals surface area contributed by atoms with E-state index in [1.165, 1.54) is 0 Å². The molecule has 3 N–H and O–H groups in total. The molecule has 6 nitrogen and oxygen atoms in total. The van der Waals surface area contributed by atoms with Gasteiger partial charge in [-0.3, -0.25) is 9.79 Å². The van der Waals surface area contributed by atoms with Crippen molar-refractivity contribution < 1.29 is 9.53 Å². The van der Waals surface area contributed by atoms with Crippen molar-refractivity contribution in [3.05, 3.63) is 34.3 Å². The number of guanidine groups is 1. The summed E-state index contributed by atoms with van der Waals surface area (Å²) in [4.78, 5) is 16.5. The van der Waals surface area contributed by atoms with Crippen LogP contribution in [0.4, 0.5) is 0 Å². The molecule has 7 heteroatoms. The Morgan fingerprint density at radius 3 is 2.71 bits per heavy atom. The molecule has 0 bridgehead atoms. The molecule has 0 spiro atoms. The molecule has 0 fully saturated rings. The smallest absolute Gasteiger partial charge is 0.251 e. The molecule has 0 unspecified atom stereocenters. The molecular weight excluding hydrogens is 372 g/mol. The van der Waals surface area contributed by atoms with Gasteiger partial charge in [0, 0.05) is 49.4 Å². The third-order valence-corrected chi connectivity index (χ3v) is 3.55. The molecule has 1 amide bonds. The van der Waals surface area contributed by atoms with Crippen LogP contribution in [-0.4, -0.2) is 51.3 Å². The van der Waals surface area contributed by atoms with E-state index in [9.17, 15) is 4.79 Å². The van der Waals surface area contributed by atoms with Crippen molar-refractivity contribution in [2.45, 2.75) is 20.3 Å². The van der Waals surface area contributed by atoms with Crippen molar-refractivity contribution in [1.82, 2.24) is 16.0 Å². The predicted octanol–water partition coefficient (Wildman–Crippen LogP) is 2.16. The lowest BCUT2D eigenvalue weighted by Gasteiger charge is -2.12. The highest BCUT2D eigenvalue weighted by Crippen LogP contribution is 2.11. The Hall–Kier alpha value is -1.60. The number of hydrogen-bond donors (Lipinski definition) is 3. The second kappa shape index (κ2) is 12.8. The minimum atomic E-state index is -0.0863. The molecule has 0 saturated heterocycles. The van der Waals surface area contributed by atoms with Gasteiger partial charge in [-0.2, -0.15) is 0 Å². The molecule has 134 valence electrons. The molecule has 24 heavy (non-hydrogen) atoms. The standard InChI is InChI=1S/C17H27BrN4O2/c1-3-19-17(21-9-6-12-24-4-2)22-11-10-20-16(23)14-7-5-8-15(18)13-14/h5,7-8,13H,3-4,6,9-12H2,1-2H3,(H,20,23)(H2,19,21,22). The van der Waals surface area contributed by atoms with Gasteiger partial charge < -0.3 is 20.7 Å². The van der Waals surface area contributed by atoms with E-state index in [0.29, 0.717) is 25.2 Å². The zero-order valence-corrected chi connectivity index (χ0v) is 16.0. The number of carbonyl (C=O) groups is 1. The first kappa shape index (κ1) is 20.4. The molecule has 1 aromatic rings. The summed E-state index contributed by atoms with van der Waals surface area (Å²) in [5.74, 6) is 0.669. The lowest BCUT2D eigenvalue weighted by Crippen LogP contribution is -2.41. The summed E-state index contributed by atoms with van der Waals surface area (Å²) in [6, 6.07) is 7.32. The van der Waals surface area contributed by atoms with Gasteiger partial charge in [-0.1, -0.05) is 22.0 Å². The molecular formula is C17H27BrN4O2. The summed E-state index contributed by atoms with van der Waals surface area (Å²) in [6.45, 7) is 8.10. The maximum atomic E-state index is 12.0. The highest BCUT2D eigenvalue weighted by atomic mass is 79.9. The van der Waals surface area contributed by atoms with Gasteiger partial charge in [0.25, 0.3) is 5.91 Å². The van der Waals surface area contributed by atoms with Crippen LogP contribution in [0.5, 0.6) is 0 Å². The zero-order valence-electron chi connectivity index (χ0n) is 14.4. The fraction of sp³-hybridized carbons (Fsp3) is 0.529. The molecule has 1 aromatic carbocycles. The molecule has 1 rings (SSSR count). The second-order valence-corrected chi connectivity index (χ2v) is 5.92. The lowest BCUT2D eigenvalue weighted by atomic mass is 10.2. The van der Waals surface area contributed by atoms with Crippen LogP contribution in [0.3, 0.4) is 0 Å². The maximum absolute atomic E-state index is 12.0. The third-order valence-electron chi connectivity index (χ3n) is 3.05. The zero-order chi connectivity index (χ0) is 17.6. The normalized spacial score (nSPS) is 11.2. The highest BCUT2D eigenvalue weighted by Gasteiger charge is 2.04. The minimum Gasteiger partial charge on any atom is -0.382 e. The molecule has 0 saturated carbocycles. The number of rotatable bonds is 10. The average molecular weight is 399 g/mol. The number of nitrogens with zero attached hydrogens (tertiary/aromatic N) is 1. The maximum Gasteiger partial charge on any atom is 0.251 e. The van der Waals surface area contributed by atoms with E-state index in [1.54, 1.807) is 12.1 Å². The van der Waals surface area contributed by atoms with Gasteiger partial charge in [0.15, 0.2) is 5.96 Å². The van der Waals surface area contributed by atoms with Crippen LogP contribution in [0.2, 0.25) is 0 Å². The topological polar surface area (TPSA) is 74.8 Å².